The van der Waals surface area contributed by atoms with Crippen molar-refractivity contribution in [3.05, 3.63) is 0 Å². The first kappa shape index (κ1) is 6.31. The molecule has 0 spiro atoms. The van der Waals surface area contributed by atoms with Gasteiger partial charge in [-0.1, -0.05) is 0 Å². The van der Waals surface area contributed by atoms with Gasteiger partial charge in [0.2, 0.25) is 0 Å². The van der Waals surface area contributed by atoms with Crippen molar-refractivity contribution in [2.45, 2.75) is 0 Å². The predicted molar refractivity (Wildman–Crippen MR) is 34.4 cm³/mol. The molecule has 1 nitrogen and oxygen atoms in total. The summed E-state index contributed by atoms with van der Waals surface area (Å²) in [5.41, 5.74) is 5.34. The lowest BCUT2D eigenvalue weighted by molar-refractivity contribution is 1.38. The van der Waals surface area contributed by atoms with Crippen molar-refractivity contribution >= 4 is 10.0 Å². The Labute approximate surface area is 41.2 Å². The van der Waals surface area contributed by atoms with Gasteiger partial charge >= 0.3 is 0 Å². The fourth-order valence-electron chi connectivity index (χ4n) is 0. The Morgan fingerprint density at radius 1 is 1.33 bits per heavy atom. The van der Waals surface area contributed by atoms with E-state index >= 15 is 0 Å². The van der Waals surface area contributed by atoms with E-state index in [1.807, 2.05) is 0 Å². The van der Waals surface area contributed by atoms with Crippen LogP contribution in [-0.4, -0.2) is 24.6 Å². The fraction of sp³-hybridized carbons (Fsp3) is 1.00. The van der Waals surface area contributed by atoms with Crippen LogP contribution in [0.1, 0.15) is 0 Å². The van der Waals surface area contributed by atoms with Crippen molar-refractivity contribution in [2.24, 2.45) is 5.73 Å². The van der Waals surface area contributed by atoms with Gasteiger partial charge in [-0.25, -0.2) is 10.0 Å². The normalized spacial score (nSPS) is 14.7. The van der Waals surface area contributed by atoms with E-state index in [1.54, 1.807) is 0 Å². The van der Waals surface area contributed by atoms with Crippen LogP contribution in [0.2, 0.25) is 0 Å². The lowest BCUT2D eigenvalue weighted by Gasteiger charge is -2.21. The van der Waals surface area contributed by atoms with Gasteiger partial charge in [0.15, 0.2) is 0 Å². The van der Waals surface area contributed by atoms with E-state index in [4.69, 9.17) is 5.73 Å². The van der Waals surface area contributed by atoms with E-state index in [0.29, 0.717) is 0 Å². The summed E-state index contributed by atoms with van der Waals surface area (Å²) >= 11 is 0. The van der Waals surface area contributed by atoms with Crippen LogP contribution in [0.4, 0.5) is 0 Å². The van der Waals surface area contributed by atoms with Gasteiger partial charge in [-0.05, 0) is 18.8 Å². The molecule has 0 saturated carbocycles. The molecule has 0 aromatic carbocycles. The zero-order chi connectivity index (χ0) is 5.21. The second-order valence-corrected chi connectivity index (χ2v) is 6.77. The van der Waals surface area contributed by atoms with Crippen LogP contribution >= 0.6 is 10.0 Å². The molecule has 0 aliphatic rings. The molecule has 0 bridgehead atoms. The zero-order valence-corrected chi connectivity index (χ0v) is 5.51. The Kier molecular flexibility index (Phi) is 1.94. The smallest absolute Gasteiger partial charge is 0.0228 e. The second-order valence-electron chi connectivity index (χ2n) is 2.26. The molecule has 0 rings (SSSR count). The van der Waals surface area contributed by atoms with E-state index in [1.165, 1.54) is 0 Å². The van der Waals surface area contributed by atoms with Crippen LogP contribution < -0.4 is 5.73 Å². The van der Waals surface area contributed by atoms with E-state index < -0.39 is 0 Å². The third-order valence-electron chi connectivity index (χ3n) is 0.500. The predicted octanol–water partition coefficient (Wildman–Crippen LogP) is 0.597. The molecule has 2 heteroatoms. The largest absolute Gasteiger partial charge is 0.323 e. The van der Waals surface area contributed by atoms with Gasteiger partial charge in [0.05, 0.1) is 0 Å². The van der Waals surface area contributed by atoms with Crippen LogP contribution in [-0.2, 0) is 0 Å². The van der Waals surface area contributed by atoms with Crippen molar-refractivity contribution in [2.75, 3.05) is 24.6 Å². The van der Waals surface area contributed by atoms with Gasteiger partial charge < -0.3 is 5.73 Å². The highest BCUT2D eigenvalue weighted by molar-refractivity contribution is 8.32. The Hall–Kier alpha value is 0.310. The van der Waals surface area contributed by atoms with Crippen LogP contribution in [0.3, 0.4) is 0 Å². The third-order valence-corrected chi connectivity index (χ3v) is 1.50. The third kappa shape index (κ3) is 4.31. The quantitative estimate of drug-likeness (QED) is 0.521. The van der Waals surface area contributed by atoms with E-state index in [2.05, 4.69) is 18.8 Å². The zero-order valence-electron chi connectivity index (χ0n) is 4.69. The molecular formula is C4H13NS. The molecule has 0 aliphatic heterocycles. The van der Waals surface area contributed by atoms with Crippen LogP contribution in [0.15, 0.2) is 0 Å². The Morgan fingerprint density at radius 3 is 1.50 bits per heavy atom. The van der Waals surface area contributed by atoms with E-state index in [9.17, 15) is 0 Å². The molecule has 0 radical (unpaired) electrons. The van der Waals surface area contributed by atoms with Gasteiger partial charge in [0, 0.05) is 5.88 Å². The molecule has 0 unspecified atom stereocenters. The maximum absolute atomic E-state index is 5.34. The molecule has 0 amide bonds. The molecule has 40 valence electrons. The molecule has 0 saturated heterocycles. The summed E-state index contributed by atoms with van der Waals surface area (Å²) in [6.07, 6.45) is 6.60. The molecule has 0 aromatic rings. The van der Waals surface area contributed by atoms with Crippen molar-refractivity contribution in [3.63, 3.8) is 0 Å². The van der Waals surface area contributed by atoms with Crippen LogP contribution in [0.25, 0.3) is 0 Å². The Balaban J connectivity index is 3.17. The lowest BCUT2D eigenvalue weighted by atomic mass is 11.5. The van der Waals surface area contributed by atoms with Crippen molar-refractivity contribution in [1.82, 2.24) is 0 Å². The summed E-state index contributed by atoms with van der Waals surface area (Å²) in [6, 6.07) is 0. The summed E-state index contributed by atoms with van der Waals surface area (Å²) in [7, 11) is -0.384. The first-order chi connectivity index (χ1) is 2.56. The molecule has 0 aromatic heterocycles. The number of rotatable bonds is 1. The van der Waals surface area contributed by atoms with Gasteiger partial charge in [0.1, 0.15) is 0 Å². The molecular weight excluding hydrogens is 94.1 g/mol. The molecule has 0 atom stereocenters. The first-order valence-corrected chi connectivity index (χ1v) is 4.95. The average Bonchev–Trinajstić information content (AvgIpc) is 1.35. The maximum Gasteiger partial charge on any atom is 0.0228 e. The number of hydrogen-bond donors (Lipinski definition) is 1. The van der Waals surface area contributed by atoms with E-state index in [0.717, 1.165) is 5.88 Å². The van der Waals surface area contributed by atoms with Crippen LogP contribution in [0.5, 0.6) is 0 Å². The monoisotopic (exact) mass is 107 g/mol. The Bertz CT molecular complexity index is 37.3. The van der Waals surface area contributed by atoms with Crippen molar-refractivity contribution in [1.29, 1.82) is 0 Å². The molecule has 2 N–H and O–H groups in total. The van der Waals surface area contributed by atoms with Crippen LogP contribution in [0, 0.1) is 0 Å². The van der Waals surface area contributed by atoms with Crippen molar-refractivity contribution in [3.8, 4) is 0 Å². The maximum atomic E-state index is 5.34. The van der Waals surface area contributed by atoms with Gasteiger partial charge in [-0.15, -0.1) is 0 Å². The molecule has 0 fully saturated rings. The number of hydrogen-bond acceptors (Lipinski definition) is 1. The molecule has 0 aliphatic carbocycles. The van der Waals surface area contributed by atoms with Gasteiger partial charge in [-0.3, -0.25) is 0 Å². The van der Waals surface area contributed by atoms with Gasteiger partial charge in [0.25, 0.3) is 0 Å². The molecule has 0 heterocycles. The highest BCUT2D eigenvalue weighted by atomic mass is 32.3. The standard InChI is InChI=1S/C4H13NS/c1-6(2,3)4-5/h4-5H2,1-3H3. The van der Waals surface area contributed by atoms with Crippen molar-refractivity contribution < 1.29 is 0 Å². The topological polar surface area (TPSA) is 26.0 Å². The summed E-state index contributed by atoms with van der Waals surface area (Å²) in [6.45, 7) is 0. The average molecular weight is 107 g/mol. The second kappa shape index (κ2) is 1.85. The molecule has 6 heavy (non-hydrogen) atoms. The lowest BCUT2D eigenvalue weighted by Crippen LogP contribution is -2.06. The van der Waals surface area contributed by atoms with E-state index in [-0.39, 0.29) is 10.0 Å². The highest BCUT2D eigenvalue weighted by Gasteiger charge is 1.95. The number of nitrogens with two attached hydrogens (primary N) is 1. The summed E-state index contributed by atoms with van der Waals surface area (Å²) in [5, 5.41) is 0. The summed E-state index contributed by atoms with van der Waals surface area (Å²) in [4.78, 5) is 0. The highest BCUT2D eigenvalue weighted by Crippen LogP contribution is 2.30. The van der Waals surface area contributed by atoms with Gasteiger partial charge in [-0.2, -0.15) is 0 Å². The minimum atomic E-state index is -0.384. The fourth-order valence-corrected chi connectivity index (χ4v) is 0. The summed E-state index contributed by atoms with van der Waals surface area (Å²) < 4.78 is 0. The SMILES string of the molecule is CS(C)(C)CN. The minimum Gasteiger partial charge on any atom is -0.323 e. The first-order valence-electron chi connectivity index (χ1n) is 1.92. The Morgan fingerprint density at radius 2 is 1.50 bits per heavy atom. The minimum absolute atomic E-state index is 0.384. The summed E-state index contributed by atoms with van der Waals surface area (Å²) in [5.74, 6) is 0.854.